The molecule has 1 unspecified atom stereocenters. The number of piperidine rings is 1. The number of likely N-dealkylation sites (tertiary alicyclic amines) is 1. The van der Waals surface area contributed by atoms with Gasteiger partial charge in [0.2, 0.25) is 0 Å². The number of methoxy groups -OCH3 is 1. The maximum Gasteiger partial charge on any atom is 0.324 e. The topological polar surface area (TPSA) is 74.3 Å². The van der Waals surface area contributed by atoms with Gasteiger partial charge >= 0.3 is 11.9 Å². The van der Waals surface area contributed by atoms with Gasteiger partial charge in [-0.25, -0.2) is 0 Å². The van der Waals surface area contributed by atoms with E-state index in [9.17, 15) is 9.59 Å². The zero-order valence-corrected chi connectivity index (χ0v) is 19.5. The van der Waals surface area contributed by atoms with Gasteiger partial charge < -0.3 is 18.9 Å². The summed E-state index contributed by atoms with van der Waals surface area (Å²) in [5.41, 5.74) is 1.91. The molecule has 1 saturated heterocycles. The summed E-state index contributed by atoms with van der Waals surface area (Å²) in [5, 5.41) is 0. The minimum atomic E-state index is -0.774. The molecule has 1 aliphatic heterocycles. The van der Waals surface area contributed by atoms with Crippen LogP contribution in [0.2, 0.25) is 0 Å². The minimum absolute atomic E-state index is 0.143. The molecule has 0 radical (unpaired) electrons. The third kappa shape index (κ3) is 7.12. The first-order chi connectivity index (χ1) is 16.0. The molecule has 1 aliphatic rings. The van der Waals surface area contributed by atoms with Crippen LogP contribution in [0.4, 0.5) is 0 Å². The number of carbonyl (C=O) groups excluding carboxylic acids is 2. The van der Waals surface area contributed by atoms with Crippen LogP contribution in [-0.2, 0) is 41.7 Å². The number of esters is 2. The lowest BCUT2D eigenvalue weighted by Gasteiger charge is -2.42. The maximum atomic E-state index is 13.3. The zero-order valence-electron chi connectivity index (χ0n) is 19.5. The molecule has 0 N–H and O–H groups in total. The van der Waals surface area contributed by atoms with Crippen molar-refractivity contribution in [3.05, 3.63) is 71.8 Å². The summed E-state index contributed by atoms with van der Waals surface area (Å²) in [6, 6.07) is 18.5. The molecule has 0 amide bonds. The van der Waals surface area contributed by atoms with Gasteiger partial charge in [0, 0.05) is 19.7 Å². The number of nitrogens with zero attached hydrogens (tertiary/aromatic N) is 1. The van der Waals surface area contributed by atoms with E-state index in [4.69, 9.17) is 18.9 Å². The van der Waals surface area contributed by atoms with E-state index in [1.165, 1.54) is 7.11 Å². The van der Waals surface area contributed by atoms with Crippen molar-refractivity contribution in [2.24, 2.45) is 5.92 Å². The molecule has 1 fully saturated rings. The van der Waals surface area contributed by atoms with E-state index >= 15 is 0 Å². The molecule has 1 heterocycles. The standard InChI is InChI=1S/C26H33NO6/c1-4-31-19(2)33-22-15-23(25(28)30-3)24(26(29)32-18-21-13-9-6-10-14-21)27(17-22)16-20-11-7-5-8-12-20/h5-14,19,22-24H,4,15-18H2,1-3H3/t19?,22-,23-,24-/m0/s1. The van der Waals surface area contributed by atoms with Gasteiger partial charge in [0.05, 0.1) is 19.1 Å². The summed E-state index contributed by atoms with van der Waals surface area (Å²) >= 11 is 0. The Kier molecular flexibility index (Phi) is 9.42. The van der Waals surface area contributed by atoms with Gasteiger partial charge in [-0.2, -0.15) is 0 Å². The van der Waals surface area contributed by atoms with E-state index < -0.39 is 30.2 Å². The van der Waals surface area contributed by atoms with Crippen LogP contribution in [0.3, 0.4) is 0 Å². The second kappa shape index (κ2) is 12.5. The Morgan fingerprint density at radius 2 is 1.64 bits per heavy atom. The van der Waals surface area contributed by atoms with Crippen LogP contribution < -0.4 is 0 Å². The molecule has 4 atom stereocenters. The van der Waals surface area contributed by atoms with Gasteiger partial charge in [0.15, 0.2) is 6.29 Å². The van der Waals surface area contributed by atoms with Gasteiger partial charge in [0.25, 0.3) is 0 Å². The molecule has 0 spiro atoms. The molecule has 7 heteroatoms. The van der Waals surface area contributed by atoms with E-state index in [-0.39, 0.29) is 12.7 Å². The molecule has 0 saturated carbocycles. The first-order valence-electron chi connectivity index (χ1n) is 11.3. The number of ether oxygens (including phenoxy) is 4. The van der Waals surface area contributed by atoms with Crippen LogP contribution in [0.25, 0.3) is 0 Å². The molecule has 7 nitrogen and oxygen atoms in total. The Morgan fingerprint density at radius 3 is 2.24 bits per heavy atom. The van der Waals surface area contributed by atoms with Crippen molar-refractivity contribution in [1.29, 1.82) is 0 Å². The second-order valence-corrected chi connectivity index (χ2v) is 8.10. The molecule has 0 aromatic heterocycles. The number of benzene rings is 2. The van der Waals surface area contributed by atoms with Gasteiger partial charge in [-0.1, -0.05) is 60.7 Å². The SMILES string of the molecule is CCOC(C)O[C@H]1C[C@H](C(=O)OC)[C@@H](C(=O)OCc2ccccc2)N(Cc2ccccc2)C1. The van der Waals surface area contributed by atoms with E-state index in [0.717, 1.165) is 11.1 Å². The molecule has 2 aromatic carbocycles. The largest absolute Gasteiger partial charge is 0.469 e. The second-order valence-electron chi connectivity index (χ2n) is 8.10. The summed E-state index contributed by atoms with van der Waals surface area (Å²) in [5.74, 6) is -1.61. The molecule has 178 valence electrons. The Bertz CT molecular complexity index is 875. The summed E-state index contributed by atoms with van der Waals surface area (Å²) in [6.07, 6.45) is -0.364. The Hall–Kier alpha value is -2.74. The highest BCUT2D eigenvalue weighted by Crippen LogP contribution is 2.30. The first-order valence-corrected chi connectivity index (χ1v) is 11.3. The number of hydrogen-bond acceptors (Lipinski definition) is 7. The van der Waals surface area contributed by atoms with Gasteiger partial charge in [-0.05, 0) is 31.4 Å². The lowest BCUT2D eigenvalue weighted by molar-refractivity contribution is -0.192. The summed E-state index contributed by atoms with van der Waals surface area (Å²) in [4.78, 5) is 28.0. The average molecular weight is 456 g/mol. The molecule has 2 aromatic rings. The summed E-state index contributed by atoms with van der Waals surface area (Å²) < 4.78 is 22.3. The van der Waals surface area contributed by atoms with Crippen LogP contribution in [0.1, 0.15) is 31.4 Å². The molecule has 3 rings (SSSR count). The van der Waals surface area contributed by atoms with Crippen molar-refractivity contribution in [3.63, 3.8) is 0 Å². The fraction of sp³-hybridized carbons (Fsp3) is 0.462. The van der Waals surface area contributed by atoms with Crippen molar-refractivity contribution in [2.75, 3.05) is 20.3 Å². The highest BCUT2D eigenvalue weighted by atomic mass is 16.7. The number of rotatable bonds is 10. The molecular weight excluding hydrogens is 422 g/mol. The normalized spacial score (nSPS) is 21.8. The van der Waals surface area contributed by atoms with Crippen molar-refractivity contribution >= 4 is 11.9 Å². The van der Waals surface area contributed by atoms with Crippen LogP contribution in [0.5, 0.6) is 0 Å². The Labute approximate surface area is 195 Å². The van der Waals surface area contributed by atoms with Crippen LogP contribution in [0.15, 0.2) is 60.7 Å². The number of hydrogen-bond donors (Lipinski definition) is 0. The van der Waals surface area contributed by atoms with Gasteiger partial charge in [-0.3, -0.25) is 14.5 Å². The first kappa shape index (κ1) is 24.9. The molecule has 0 aliphatic carbocycles. The molecule has 33 heavy (non-hydrogen) atoms. The van der Waals surface area contributed by atoms with E-state index in [0.29, 0.717) is 26.1 Å². The summed E-state index contributed by atoms with van der Waals surface area (Å²) in [6.45, 7) is 5.34. The van der Waals surface area contributed by atoms with E-state index in [2.05, 4.69) is 0 Å². The predicted octanol–water partition coefficient (Wildman–Crippen LogP) is 3.56. The quantitative estimate of drug-likeness (QED) is 0.401. The maximum absolute atomic E-state index is 13.3. The third-order valence-corrected chi connectivity index (χ3v) is 5.71. The zero-order chi connectivity index (χ0) is 23.6. The fourth-order valence-corrected chi connectivity index (χ4v) is 4.24. The predicted molar refractivity (Wildman–Crippen MR) is 123 cm³/mol. The van der Waals surface area contributed by atoms with Crippen LogP contribution in [-0.4, -0.2) is 55.5 Å². The average Bonchev–Trinajstić information content (AvgIpc) is 2.83. The van der Waals surface area contributed by atoms with Crippen LogP contribution >= 0.6 is 0 Å². The third-order valence-electron chi connectivity index (χ3n) is 5.71. The highest BCUT2D eigenvalue weighted by molar-refractivity contribution is 5.85. The lowest BCUT2D eigenvalue weighted by Crippen LogP contribution is -2.57. The van der Waals surface area contributed by atoms with Crippen molar-refractivity contribution in [1.82, 2.24) is 4.90 Å². The highest BCUT2D eigenvalue weighted by Gasteiger charge is 2.46. The minimum Gasteiger partial charge on any atom is -0.469 e. The molecular formula is C26H33NO6. The van der Waals surface area contributed by atoms with E-state index in [1.54, 1.807) is 0 Å². The summed E-state index contributed by atoms with van der Waals surface area (Å²) in [7, 11) is 1.34. The smallest absolute Gasteiger partial charge is 0.324 e. The van der Waals surface area contributed by atoms with Gasteiger partial charge in [-0.15, -0.1) is 0 Å². The van der Waals surface area contributed by atoms with Crippen LogP contribution in [0, 0.1) is 5.92 Å². The fourth-order valence-electron chi connectivity index (χ4n) is 4.24. The van der Waals surface area contributed by atoms with E-state index in [1.807, 2.05) is 79.4 Å². The van der Waals surface area contributed by atoms with Crippen molar-refractivity contribution in [2.45, 2.75) is 51.9 Å². The number of carbonyl (C=O) groups is 2. The Morgan fingerprint density at radius 1 is 1.00 bits per heavy atom. The Balaban J connectivity index is 1.83. The van der Waals surface area contributed by atoms with Gasteiger partial charge in [0.1, 0.15) is 12.6 Å². The molecule has 0 bridgehead atoms. The monoisotopic (exact) mass is 455 g/mol. The lowest BCUT2D eigenvalue weighted by atomic mass is 9.87. The van der Waals surface area contributed by atoms with Crippen molar-refractivity contribution < 1.29 is 28.5 Å². The van der Waals surface area contributed by atoms with Crippen molar-refractivity contribution in [3.8, 4) is 0 Å².